The Labute approximate surface area is 285 Å². The first kappa shape index (κ1) is 32.2. The number of benzene rings is 4. The fraction of sp³-hybridized carbons (Fsp3) is 0.447. The Balaban J connectivity index is 1.29. The van der Waals surface area contributed by atoms with E-state index in [0.29, 0.717) is 0 Å². The minimum atomic E-state index is 0.120. The summed E-state index contributed by atoms with van der Waals surface area (Å²) >= 11 is 0. The van der Waals surface area contributed by atoms with Crippen molar-refractivity contribution in [2.75, 3.05) is 0 Å². The van der Waals surface area contributed by atoms with E-state index in [-0.39, 0.29) is 5.41 Å². The SMILES string of the molecule is CCCCCCCCC1(CCCCCCCC)c2cc(C)ccc2-c2ccc(-c3ccc4c5c3CCC=C5c3cc(C)ccc3-4)cc21. The van der Waals surface area contributed by atoms with E-state index in [4.69, 9.17) is 0 Å². The van der Waals surface area contributed by atoms with Crippen LogP contribution in [0.5, 0.6) is 0 Å². The van der Waals surface area contributed by atoms with Gasteiger partial charge in [0.15, 0.2) is 0 Å². The summed E-state index contributed by atoms with van der Waals surface area (Å²) in [6.45, 7) is 9.18. The van der Waals surface area contributed by atoms with Gasteiger partial charge in [-0.2, -0.15) is 0 Å². The van der Waals surface area contributed by atoms with Gasteiger partial charge in [0.1, 0.15) is 0 Å². The van der Waals surface area contributed by atoms with Crippen molar-refractivity contribution in [3.05, 3.63) is 112 Å². The smallest absolute Gasteiger partial charge is 0.0215 e. The first-order valence-corrected chi connectivity index (χ1v) is 19.3. The molecule has 0 N–H and O–H groups in total. The van der Waals surface area contributed by atoms with Crippen LogP contribution in [0.4, 0.5) is 0 Å². The van der Waals surface area contributed by atoms with Crippen molar-refractivity contribution in [3.8, 4) is 33.4 Å². The van der Waals surface area contributed by atoms with Gasteiger partial charge in [-0.15, -0.1) is 0 Å². The molecule has 0 saturated heterocycles. The number of fused-ring (bicyclic) bond motifs is 6. The largest absolute Gasteiger partial charge is 0.0757 e. The standard InChI is InChI=1S/C47H56/c1-5-7-9-11-13-15-28-47(29-16-14-12-10-8-6-2)44-31-34(4)21-24-38(44)39-25-22-35(32-45(39)47)36-26-27-42-37-23-20-33(3)30-43(37)41-19-17-18-40(36)46(41)42/h19-27,30-32H,5-18,28-29H2,1-4H3. The van der Waals surface area contributed by atoms with Gasteiger partial charge in [0.2, 0.25) is 0 Å². The molecule has 0 nitrogen and oxygen atoms in total. The molecular formula is C47H56. The highest BCUT2D eigenvalue weighted by atomic mass is 14.5. The third kappa shape index (κ3) is 5.96. The van der Waals surface area contributed by atoms with E-state index in [1.54, 1.807) is 16.7 Å². The lowest BCUT2D eigenvalue weighted by molar-refractivity contribution is 0.398. The summed E-state index contributed by atoms with van der Waals surface area (Å²) in [7, 11) is 0. The third-order valence-corrected chi connectivity index (χ3v) is 11.8. The summed E-state index contributed by atoms with van der Waals surface area (Å²) in [4.78, 5) is 0. The molecule has 0 bridgehead atoms. The number of unbranched alkanes of at least 4 members (excludes halogenated alkanes) is 10. The summed E-state index contributed by atoms with van der Waals surface area (Å²) in [5.74, 6) is 0. The Bertz CT molecular complexity index is 1760. The second-order valence-corrected chi connectivity index (χ2v) is 15.1. The molecule has 0 atom stereocenters. The molecule has 0 aromatic heterocycles. The highest BCUT2D eigenvalue weighted by molar-refractivity contribution is 6.04. The minimum Gasteiger partial charge on any atom is -0.0757 e. The number of hydrogen-bond acceptors (Lipinski definition) is 0. The third-order valence-electron chi connectivity index (χ3n) is 11.8. The second-order valence-electron chi connectivity index (χ2n) is 15.1. The fourth-order valence-corrected chi connectivity index (χ4v) is 9.39. The maximum absolute atomic E-state index is 2.67. The molecule has 0 saturated carbocycles. The molecule has 3 aliphatic carbocycles. The molecule has 0 heterocycles. The van der Waals surface area contributed by atoms with Crippen molar-refractivity contribution < 1.29 is 0 Å². The molecule has 0 spiro atoms. The van der Waals surface area contributed by atoms with E-state index >= 15 is 0 Å². The van der Waals surface area contributed by atoms with Crippen LogP contribution in [-0.2, 0) is 11.8 Å². The van der Waals surface area contributed by atoms with Gasteiger partial charge < -0.3 is 0 Å². The summed E-state index contributed by atoms with van der Waals surface area (Å²) in [5.41, 5.74) is 20.9. The molecule has 3 aliphatic rings. The highest BCUT2D eigenvalue weighted by Gasteiger charge is 2.42. The number of allylic oxidation sites excluding steroid dienone is 1. The average molecular weight is 621 g/mol. The Hall–Kier alpha value is -3.38. The maximum Gasteiger partial charge on any atom is 0.0215 e. The van der Waals surface area contributed by atoms with Crippen LogP contribution in [0.2, 0.25) is 0 Å². The Morgan fingerprint density at radius 1 is 0.511 bits per heavy atom. The van der Waals surface area contributed by atoms with Gasteiger partial charge in [-0.25, -0.2) is 0 Å². The van der Waals surface area contributed by atoms with Crippen LogP contribution in [0, 0.1) is 13.8 Å². The van der Waals surface area contributed by atoms with E-state index in [9.17, 15) is 0 Å². The highest BCUT2D eigenvalue weighted by Crippen LogP contribution is 2.56. The van der Waals surface area contributed by atoms with Crippen molar-refractivity contribution in [3.63, 3.8) is 0 Å². The minimum absolute atomic E-state index is 0.120. The Kier molecular flexibility index (Phi) is 9.59. The molecule has 0 fully saturated rings. The molecule has 0 amide bonds. The monoisotopic (exact) mass is 620 g/mol. The summed E-state index contributed by atoms with van der Waals surface area (Å²) in [5, 5.41) is 0. The fourth-order valence-electron chi connectivity index (χ4n) is 9.39. The van der Waals surface area contributed by atoms with Crippen molar-refractivity contribution in [1.82, 2.24) is 0 Å². The van der Waals surface area contributed by atoms with Gasteiger partial charge in [0.25, 0.3) is 0 Å². The molecule has 4 aromatic rings. The van der Waals surface area contributed by atoms with Crippen LogP contribution in [0.15, 0.2) is 72.8 Å². The molecule has 7 rings (SSSR count). The van der Waals surface area contributed by atoms with Crippen molar-refractivity contribution in [1.29, 1.82) is 0 Å². The summed E-state index contributed by atoms with van der Waals surface area (Å²) < 4.78 is 0. The van der Waals surface area contributed by atoms with Gasteiger partial charge in [-0.1, -0.05) is 169 Å². The van der Waals surface area contributed by atoms with Crippen molar-refractivity contribution in [2.45, 2.75) is 136 Å². The lowest BCUT2D eigenvalue weighted by Crippen LogP contribution is -2.25. The van der Waals surface area contributed by atoms with Crippen LogP contribution in [-0.4, -0.2) is 0 Å². The van der Waals surface area contributed by atoms with Gasteiger partial charge in [0.05, 0.1) is 0 Å². The second kappa shape index (κ2) is 14.0. The molecule has 0 heteroatoms. The van der Waals surface area contributed by atoms with Crippen LogP contribution >= 0.6 is 0 Å². The van der Waals surface area contributed by atoms with E-state index in [1.165, 1.54) is 151 Å². The first-order valence-electron chi connectivity index (χ1n) is 19.3. The normalized spacial score (nSPS) is 14.9. The molecular weight excluding hydrogens is 565 g/mol. The van der Waals surface area contributed by atoms with Crippen molar-refractivity contribution >= 4 is 5.57 Å². The van der Waals surface area contributed by atoms with Crippen LogP contribution in [0.1, 0.15) is 149 Å². The van der Waals surface area contributed by atoms with Crippen LogP contribution < -0.4 is 0 Å². The predicted molar refractivity (Wildman–Crippen MR) is 204 cm³/mol. The van der Waals surface area contributed by atoms with E-state index in [0.717, 1.165) is 12.8 Å². The predicted octanol–water partition coefficient (Wildman–Crippen LogP) is 14.1. The zero-order chi connectivity index (χ0) is 32.4. The Morgan fingerprint density at radius 2 is 1.06 bits per heavy atom. The van der Waals surface area contributed by atoms with Gasteiger partial charge >= 0.3 is 0 Å². The molecule has 0 aliphatic heterocycles. The van der Waals surface area contributed by atoms with E-state index in [2.05, 4.69) is 101 Å². The zero-order valence-electron chi connectivity index (χ0n) is 29.7. The molecule has 244 valence electrons. The van der Waals surface area contributed by atoms with Gasteiger partial charge in [0, 0.05) is 5.41 Å². The quantitative estimate of drug-likeness (QED) is 0.102. The molecule has 47 heavy (non-hydrogen) atoms. The van der Waals surface area contributed by atoms with Gasteiger partial charge in [-0.05, 0) is 112 Å². The van der Waals surface area contributed by atoms with E-state index < -0.39 is 0 Å². The number of rotatable bonds is 15. The average Bonchev–Trinajstić information content (AvgIpc) is 3.54. The van der Waals surface area contributed by atoms with E-state index in [1.807, 2.05) is 0 Å². The molecule has 4 aromatic carbocycles. The number of hydrogen-bond donors (Lipinski definition) is 0. The molecule has 0 radical (unpaired) electrons. The first-order chi connectivity index (χ1) is 23.1. The van der Waals surface area contributed by atoms with Crippen LogP contribution in [0.3, 0.4) is 0 Å². The van der Waals surface area contributed by atoms with Crippen LogP contribution in [0.25, 0.3) is 39.0 Å². The summed E-state index contributed by atoms with van der Waals surface area (Å²) in [6, 6.07) is 26.9. The van der Waals surface area contributed by atoms with Gasteiger partial charge in [-0.3, -0.25) is 0 Å². The van der Waals surface area contributed by atoms with Crippen molar-refractivity contribution in [2.24, 2.45) is 0 Å². The topological polar surface area (TPSA) is 0 Å². The number of aryl methyl sites for hydroxylation is 2. The Morgan fingerprint density at radius 3 is 1.77 bits per heavy atom. The lowest BCUT2D eigenvalue weighted by atomic mass is 9.70. The maximum atomic E-state index is 2.67. The molecule has 0 unspecified atom stereocenters. The zero-order valence-corrected chi connectivity index (χ0v) is 29.7. The summed E-state index contributed by atoms with van der Waals surface area (Å²) in [6.07, 6.45) is 23.6. The lowest BCUT2D eigenvalue weighted by Gasteiger charge is -2.33.